The van der Waals surface area contributed by atoms with Crippen LogP contribution in [0.15, 0.2) is 48.5 Å². The summed E-state index contributed by atoms with van der Waals surface area (Å²) in [5.74, 6) is -1.24. The van der Waals surface area contributed by atoms with Gasteiger partial charge in [0.15, 0.2) is 5.01 Å². The number of hydrogen-bond donors (Lipinski definition) is 1. The first kappa shape index (κ1) is 21.3. The number of halogens is 3. The highest BCUT2D eigenvalue weighted by atomic mass is 32.1. The lowest BCUT2D eigenvalue weighted by Crippen LogP contribution is -2.52. The molecule has 2 aliphatic heterocycles. The first-order chi connectivity index (χ1) is 15.7. The Morgan fingerprint density at radius 1 is 1.03 bits per heavy atom. The van der Waals surface area contributed by atoms with Crippen molar-refractivity contribution in [3.8, 4) is 21.7 Å². The van der Waals surface area contributed by atoms with Crippen molar-refractivity contribution in [1.82, 2.24) is 15.2 Å². The van der Waals surface area contributed by atoms with Crippen molar-refractivity contribution in [2.24, 2.45) is 0 Å². The fourth-order valence-electron chi connectivity index (χ4n) is 4.14. The van der Waals surface area contributed by atoms with E-state index in [4.69, 9.17) is 0 Å². The third kappa shape index (κ3) is 3.80. The van der Waals surface area contributed by atoms with E-state index < -0.39 is 23.1 Å². The summed E-state index contributed by atoms with van der Waals surface area (Å²) in [6.45, 7) is 0.130. The van der Waals surface area contributed by atoms with E-state index >= 15 is 0 Å². The Balaban J connectivity index is 1.53. The van der Waals surface area contributed by atoms with Gasteiger partial charge in [-0.05, 0) is 29.7 Å². The van der Waals surface area contributed by atoms with E-state index in [0.29, 0.717) is 38.5 Å². The number of rotatable bonds is 3. The molecule has 6 nitrogen and oxygen atoms in total. The molecule has 1 atom stereocenters. The lowest BCUT2D eigenvalue weighted by molar-refractivity contribution is -0.138. The summed E-state index contributed by atoms with van der Waals surface area (Å²) in [6, 6.07) is 12.7. The van der Waals surface area contributed by atoms with Gasteiger partial charge < -0.3 is 4.90 Å². The predicted molar refractivity (Wildman–Crippen MR) is 114 cm³/mol. The predicted octanol–water partition coefficient (Wildman–Crippen LogP) is 4.26. The topological polar surface area (TPSA) is 79.4 Å². The van der Waals surface area contributed by atoms with E-state index in [1.54, 1.807) is 48.5 Å². The van der Waals surface area contributed by atoms with Crippen LogP contribution in [0, 0.1) is 0 Å². The molecule has 3 heterocycles. The van der Waals surface area contributed by atoms with Crippen LogP contribution in [0.25, 0.3) is 21.7 Å². The number of amides is 3. The minimum absolute atomic E-state index is 0.130. The maximum absolute atomic E-state index is 13.4. The van der Waals surface area contributed by atoms with Crippen molar-refractivity contribution < 1.29 is 27.6 Å². The molecule has 5 rings (SSSR count). The van der Waals surface area contributed by atoms with Crippen LogP contribution in [0.3, 0.4) is 0 Å². The van der Waals surface area contributed by atoms with Crippen LogP contribution < -0.4 is 5.32 Å². The number of imide groups is 1. The van der Waals surface area contributed by atoms with E-state index in [-0.39, 0.29) is 36.9 Å². The SMILES string of the molecule is O=C1CCC(N2Cc3cc(-c4nc(C(F)(F)F)sc4-c4ccccc4)ccc3C2=O)C(=O)N1. The number of piperidine rings is 1. The highest BCUT2D eigenvalue weighted by Gasteiger charge is 2.40. The lowest BCUT2D eigenvalue weighted by Gasteiger charge is -2.29. The van der Waals surface area contributed by atoms with Gasteiger partial charge in [-0.1, -0.05) is 36.4 Å². The van der Waals surface area contributed by atoms with Crippen LogP contribution in [0.5, 0.6) is 0 Å². The third-order valence-corrected chi connectivity index (χ3v) is 6.85. The van der Waals surface area contributed by atoms with Crippen LogP contribution in [0.4, 0.5) is 13.2 Å². The summed E-state index contributed by atoms with van der Waals surface area (Å²) < 4.78 is 40.3. The van der Waals surface area contributed by atoms with Gasteiger partial charge in [-0.3, -0.25) is 19.7 Å². The lowest BCUT2D eigenvalue weighted by atomic mass is 10.0. The van der Waals surface area contributed by atoms with Crippen molar-refractivity contribution in [3.63, 3.8) is 0 Å². The summed E-state index contributed by atoms with van der Waals surface area (Å²) in [4.78, 5) is 42.2. The van der Waals surface area contributed by atoms with Gasteiger partial charge in [0.1, 0.15) is 6.04 Å². The normalized spacial score (nSPS) is 18.5. The number of benzene rings is 2. The van der Waals surface area contributed by atoms with Gasteiger partial charge in [-0.25, -0.2) is 4.98 Å². The zero-order valence-electron chi connectivity index (χ0n) is 17.0. The molecular formula is C23H16F3N3O3S. The molecule has 1 unspecified atom stereocenters. The van der Waals surface area contributed by atoms with E-state index in [1.807, 2.05) is 0 Å². The summed E-state index contributed by atoms with van der Waals surface area (Å²) in [5.41, 5.74) is 2.24. The van der Waals surface area contributed by atoms with Crippen LogP contribution in [-0.2, 0) is 22.3 Å². The van der Waals surface area contributed by atoms with E-state index in [9.17, 15) is 27.6 Å². The van der Waals surface area contributed by atoms with Crippen LogP contribution >= 0.6 is 11.3 Å². The molecule has 10 heteroatoms. The standard InChI is InChI=1S/C23H16F3N3O3S/c24-23(25,26)22-28-18(19(33-22)12-4-2-1-3-5-12)13-6-7-15-14(10-13)11-29(21(15)32)16-8-9-17(30)27-20(16)31/h1-7,10,16H,8-9,11H2,(H,27,30,31). The van der Waals surface area contributed by atoms with Crippen LogP contribution in [0.1, 0.15) is 33.8 Å². The molecule has 0 radical (unpaired) electrons. The monoisotopic (exact) mass is 471 g/mol. The molecule has 2 aliphatic rings. The summed E-state index contributed by atoms with van der Waals surface area (Å²) in [5, 5.41) is 1.30. The zero-order valence-corrected chi connectivity index (χ0v) is 17.8. The highest BCUT2D eigenvalue weighted by Crippen LogP contribution is 2.43. The molecule has 1 fully saturated rings. The second-order valence-corrected chi connectivity index (χ2v) is 8.83. The second-order valence-electron chi connectivity index (χ2n) is 7.83. The molecule has 3 aromatic rings. The largest absolute Gasteiger partial charge is 0.443 e. The molecular weight excluding hydrogens is 455 g/mol. The fourth-order valence-corrected chi connectivity index (χ4v) is 5.10. The number of fused-ring (bicyclic) bond motifs is 1. The summed E-state index contributed by atoms with van der Waals surface area (Å²) in [7, 11) is 0. The van der Waals surface area contributed by atoms with Crippen molar-refractivity contribution >= 4 is 29.1 Å². The van der Waals surface area contributed by atoms with Gasteiger partial charge >= 0.3 is 6.18 Å². The molecule has 33 heavy (non-hydrogen) atoms. The van der Waals surface area contributed by atoms with Crippen LogP contribution in [-0.4, -0.2) is 33.6 Å². The zero-order chi connectivity index (χ0) is 23.3. The third-order valence-electron chi connectivity index (χ3n) is 5.70. The highest BCUT2D eigenvalue weighted by molar-refractivity contribution is 7.15. The molecule has 1 saturated heterocycles. The number of hydrogen-bond acceptors (Lipinski definition) is 5. The maximum atomic E-state index is 13.4. The average Bonchev–Trinajstić information content (AvgIpc) is 3.36. The molecule has 0 aliphatic carbocycles. The van der Waals surface area contributed by atoms with Gasteiger partial charge in [0.25, 0.3) is 5.91 Å². The Morgan fingerprint density at radius 2 is 1.79 bits per heavy atom. The second kappa shape index (κ2) is 7.80. The van der Waals surface area contributed by atoms with Crippen molar-refractivity contribution in [3.05, 3.63) is 64.7 Å². The van der Waals surface area contributed by atoms with E-state index in [1.165, 1.54) is 4.90 Å². The summed E-state index contributed by atoms with van der Waals surface area (Å²) in [6.07, 6.45) is -4.21. The Hall–Kier alpha value is -3.53. The van der Waals surface area contributed by atoms with E-state index in [0.717, 1.165) is 0 Å². The van der Waals surface area contributed by atoms with Crippen LogP contribution in [0.2, 0.25) is 0 Å². The molecule has 0 spiro atoms. The Morgan fingerprint density at radius 3 is 2.48 bits per heavy atom. The van der Waals surface area contributed by atoms with Gasteiger partial charge in [-0.15, -0.1) is 11.3 Å². The Kier molecular flexibility index (Phi) is 5.04. The van der Waals surface area contributed by atoms with Crippen molar-refractivity contribution in [1.29, 1.82) is 0 Å². The van der Waals surface area contributed by atoms with Crippen molar-refractivity contribution in [2.75, 3.05) is 0 Å². The number of carbonyl (C=O) groups excluding carboxylic acids is 3. The van der Waals surface area contributed by atoms with Gasteiger partial charge in [0.2, 0.25) is 11.8 Å². The van der Waals surface area contributed by atoms with Gasteiger partial charge in [-0.2, -0.15) is 13.2 Å². The van der Waals surface area contributed by atoms with Crippen molar-refractivity contribution in [2.45, 2.75) is 31.6 Å². The molecule has 1 aromatic heterocycles. The molecule has 168 valence electrons. The minimum Gasteiger partial charge on any atom is -0.322 e. The summed E-state index contributed by atoms with van der Waals surface area (Å²) >= 11 is 0.574. The van der Waals surface area contributed by atoms with Gasteiger partial charge in [0, 0.05) is 24.1 Å². The smallest absolute Gasteiger partial charge is 0.322 e. The molecule has 0 bridgehead atoms. The first-order valence-electron chi connectivity index (χ1n) is 10.1. The number of nitrogens with zero attached hydrogens (tertiary/aromatic N) is 2. The molecule has 0 saturated carbocycles. The number of thiazole rings is 1. The molecule has 3 amide bonds. The minimum atomic E-state index is -4.58. The first-order valence-corrected chi connectivity index (χ1v) is 11.0. The fraction of sp³-hybridized carbons (Fsp3) is 0.217. The number of carbonyl (C=O) groups is 3. The number of aromatic nitrogens is 1. The average molecular weight is 471 g/mol. The molecule has 2 aromatic carbocycles. The molecule has 1 N–H and O–H groups in total. The Bertz CT molecular complexity index is 1290. The number of alkyl halides is 3. The quantitative estimate of drug-likeness (QED) is 0.579. The number of nitrogens with one attached hydrogen (secondary N) is 1. The van der Waals surface area contributed by atoms with E-state index in [2.05, 4.69) is 10.3 Å². The Labute approximate surface area is 190 Å². The maximum Gasteiger partial charge on any atom is 0.443 e. The van der Waals surface area contributed by atoms with Gasteiger partial charge in [0.05, 0.1) is 10.6 Å².